The average Bonchev–Trinajstić information content (AvgIpc) is 2.03. The SMILES string of the molecule is [CH2]c1ccc(C(C)C)c(C#N)c1. The van der Waals surface area contributed by atoms with Crippen molar-refractivity contribution in [2.24, 2.45) is 0 Å². The number of benzene rings is 1. The molecule has 0 aliphatic carbocycles. The molecule has 1 aromatic rings. The summed E-state index contributed by atoms with van der Waals surface area (Å²) in [6, 6.07) is 7.92. The highest BCUT2D eigenvalue weighted by molar-refractivity contribution is 5.42. The second-order valence-electron chi connectivity index (χ2n) is 3.19. The first-order valence-electron chi connectivity index (χ1n) is 4.01. The second-order valence-corrected chi connectivity index (χ2v) is 3.19. The van der Waals surface area contributed by atoms with Crippen LogP contribution >= 0.6 is 0 Å². The van der Waals surface area contributed by atoms with Crippen LogP contribution in [-0.2, 0) is 0 Å². The van der Waals surface area contributed by atoms with E-state index in [1.54, 1.807) is 0 Å². The lowest BCUT2D eigenvalue weighted by Gasteiger charge is -2.07. The van der Waals surface area contributed by atoms with E-state index < -0.39 is 0 Å². The Morgan fingerprint density at radius 1 is 1.42 bits per heavy atom. The highest BCUT2D eigenvalue weighted by Crippen LogP contribution is 2.19. The molecule has 0 unspecified atom stereocenters. The van der Waals surface area contributed by atoms with Crippen LogP contribution < -0.4 is 0 Å². The Labute approximate surface area is 73.6 Å². The molecule has 0 saturated carbocycles. The van der Waals surface area contributed by atoms with Crippen LogP contribution in [0.25, 0.3) is 0 Å². The lowest BCUT2D eigenvalue weighted by atomic mass is 9.96. The summed E-state index contributed by atoms with van der Waals surface area (Å²) in [4.78, 5) is 0. The van der Waals surface area contributed by atoms with Gasteiger partial charge in [0, 0.05) is 0 Å². The molecule has 1 nitrogen and oxygen atoms in total. The van der Waals surface area contributed by atoms with Crippen LogP contribution in [0.5, 0.6) is 0 Å². The number of hydrogen-bond acceptors (Lipinski definition) is 1. The van der Waals surface area contributed by atoms with E-state index in [0.29, 0.717) is 5.92 Å². The number of rotatable bonds is 1. The van der Waals surface area contributed by atoms with Gasteiger partial charge in [0.25, 0.3) is 0 Å². The minimum atomic E-state index is 0.403. The fourth-order valence-corrected chi connectivity index (χ4v) is 1.20. The van der Waals surface area contributed by atoms with Crippen LogP contribution in [0, 0.1) is 18.3 Å². The zero-order valence-corrected chi connectivity index (χ0v) is 7.46. The Hall–Kier alpha value is -1.29. The van der Waals surface area contributed by atoms with Gasteiger partial charge in [-0.1, -0.05) is 26.0 Å². The van der Waals surface area contributed by atoms with Crippen molar-refractivity contribution in [3.05, 3.63) is 41.8 Å². The van der Waals surface area contributed by atoms with Crippen LogP contribution in [0.3, 0.4) is 0 Å². The van der Waals surface area contributed by atoms with Crippen molar-refractivity contribution in [2.45, 2.75) is 19.8 Å². The van der Waals surface area contributed by atoms with E-state index in [1.165, 1.54) is 0 Å². The number of hydrogen-bond donors (Lipinski definition) is 0. The standard InChI is InChI=1S/C11H12N/c1-8(2)11-5-4-9(3)6-10(11)7-12/h4-6,8H,3H2,1-2H3. The molecule has 0 aliphatic heterocycles. The summed E-state index contributed by atoms with van der Waals surface area (Å²) < 4.78 is 0. The number of nitrogens with zero attached hydrogens (tertiary/aromatic N) is 1. The lowest BCUT2D eigenvalue weighted by Crippen LogP contribution is -1.92. The van der Waals surface area contributed by atoms with Crippen LogP contribution in [0.2, 0.25) is 0 Å². The Balaban J connectivity index is 3.23. The molecule has 0 aromatic heterocycles. The maximum atomic E-state index is 8.81. The third-order valence-corrected chi connectivity index (χ3v) is 1.86. The minimum Gasteiger partial charge on any atom is -0.192 e. The van der Waals surface area contributed by atoms with E-state index in [-0.39, 0.29) is 0 Å². The smallest absolute Gasteiger partial charge is 0.0994 e. The lowest BCUT2D eigenvalue weighted by molar-refractivity contribution is 0.862. The fraction of sp³-hybridized carbons (Fsp3) is 0.273. The van der Waals surface area contributed by atoms with Gasteiger partial charge in [0.15, 0.2) is 0 Å². The molecule has 0 heterocycles. The monoisotopic (exact) mass is 158 g/mol. The maximum Gasteiger partial charge on any atom is 0.0994 e. The van der Waals surface area contributed by atoms with Gasteiger partial charge in [0.05, 0.1) is 11.6 Å². The summed E-state index contributed by atoms with van der Waals surface area (Å²) in [5, 5.41) is 8.81. The average molecular weight is 158 g/mol. The summed E-state index contributed by atoms with van der Waals surface area (Å²) in [6.45, 7) is 7.94. The molecular formula is C11H12N. The molecular weight excluding hydrogens is 146 g/mol. The molecule has 0 atom stereocenters. The predicted molar refractivity (Wildman–Crippen MR) is 49.7 cm³/mol. The summed E-state index contributed by atoms with van der Waals surface area (Å²) in [5.41, 5.74) is 2.75. The first-order chi connectivity index (χ1) is 5.65. The molecule has 0 N–H and O–H groups in total. The van der Waals surface area contributed by atoms with Crippen molar-refractivity contribution < 1.29 is 0 Å². The van der Waals surface area contributed by atoms with Gasteiger partial charge < -0.3 is 0 Å². The molecule has 0 fully saturated rings. The van der Waals surface area contributed by atoms with Gasteiger partial charge in [-0.05, 0) is 30.0 Å². The Kier molecular flexibility index (Phi) is 2.50. The summed E-state index contributed by atoms with van der Waals surface area (Å²) >= 11 is 0. The summed E-state index contributed by atoms with van der Waals surface area (Å²) in [5.74, 6) is 0.403. The molecule has 0 amide bonds. The van der Waals surface area contributed by atoms with Gasteiger partial charge in [-0.25, -0.2) is 0 Å². The molecule has 1 rings (SSSR count). The van der Waals surface area contributed by atoms with Crippen molar-refractivity contribution in [1.82, 2.24) is 0 Å². The Morgan fingerprint density at radius 2 is 2.08 bits per heavy atom. The zero-order chi connectivity index (χ0) is 9.14. The number of nitriles is 1. The highest BCUT2D eigenvalue weighted by atomic mass is 14.2. The van der Waals surface area contributed by atoms with E-state index >= 15 is 0 Å². The molecule has 61 valence electrons. The van der Waals surface area contributed by atoms with Crippen LogP contribution in [0.4, 0.5) is 0 Å². The van der Waals surface area contributed by atoms with Gasteiger partial charge >= 0.3 is 0 Å². The van der Waals surface area contributed by atoms with Gasteiger partial charge in [-0.3, -0.25) is 0 Å². The van der Waals surface area contributed by atoms with E-state index in [4.69, 9.17) is 5.26 Å². The van der Waals surface area contributed by atoms with Crippen molar-refractivity contribution >= 4 is 0 Å². The van der Waals surface area contributed by atoms with E-state index in [0.717, 1.165) is 16.7 Å². The van der Waals surface area contributed by atoms with E-state index in [9.17, 15) is 0 Å². The highest BCUT2D eigenvalue weighted by Gasteiger charge is 2.04. The van der Waals surface area contributed by atoms with Crippen LogP contribution in [0.15, 0.2) is 18.2 Å². The van der Waals surface area contributed by atoms with Gasteiger partial charge in [0.1, 0.15) is 0 Å². The van der Waals surface area contributed by atoms with Gasteiger partial charge in [-0.15, -0.1) is 0 Å². The van der Waals surface area contributed by atoms with E-state index in [1.807, 2.05) is 18.2 Å². The van der Waals surface area contributed by atoms with Gasteiger partial charge in [-0.2, -0.15) is 5.26 Å². The predicted octanol–water partition coefficient (Wildman–Crippen LogP) is 2.86. The Bertz CT molecular complexity index is 318. The van der Waals surface area contributed by atoms with Crippen molar-refractivity contribution in [3.8, 4) is 6.07 Å². The third kappa shape index (κ3) is 1.65. The second kappa shape index (κ2) is 3.40. The molecule has 0 aliphatic rings. The molecule has 0 spiro atoms. The molecule has 1 heteroatoms. The quantitative estimate of drug-likeness (QED) is 0.616. The van der Waals surface area contributed by atoms with Crippen molar-refractivity contribution in [2.75, 3.05) is 0 Å². The van der Waals surface area contributed by atoms with Gasteiger partial charge in [0.2, 0.25) is 0 Å². The van der Waals surface area contributed by atoms with Crippen molar-refractivity contribution in [1.29, 1.82) is 5.26 Å². The molecule has 12 heavy (non-hydrogen) atoms. The molecule has 0 saturated heterocycles. The summed E-state index contributed by atoms with van der Waals surface area (Å²) in [6.07, 6.45) is 0. The first kappa shape index (κ1) is 8.80. The van der Waals surface area contributed by atoms with Crippen LogP contribution in [0.1, 0.15) is 36.5 Å². The largest absolute Gasteiger partial charge is 0.192 e. The Morgan fingerprint density at radius 3 is 2.58 bits per heavy atom. The van der Waals surface area contributed by atoms with Crippen LogP contribution in [-0.4, -0.2) is 0 Å². The van der Waals surface area contributed by atoms with E-state index in [2.05, 4.69) is 26.8 Å². The molecule has 1 aromatic carbocycles. The third-order valence-electron chi connectivity index (χ3n) is 1.86. The molecule has 1 radical (unpaired) electrons. The zero-order valence-electron chi connectivity index (χ0n) is 7.46. The summed E-state index contributed by atoms with van der Waals surface area (Å²) in [7, 11) is 0. The topological polar surface area (TPSA) is 23.8 Å². The maximum absolute atomic E-state index is 8.81. The fourth-order valence-electron chi connectivity index (χ4n) is 1.20. The normalized spacial score (nSPS) is 9.92. The van der Waals surface area contributed by atoms with Crippen molar-refractivity contribution in [3.63, 3.8) is 0 Å². The molecule has 0 bridgehead atoms. The minimum absolute atomic E-state index is 0.403. The first-order valence-corrected chi connectivity index (χ1v) is 4.01.